The highest BCUT2D eigenvalue weighted by Gasteiger charge is 2.26. The van der Waals surface area contributed by atoms with Gasteiger partial charge in [-0.15, -0.1) is 0 Å². The van der Waals surface area contributed by atoms with Crippen LogP contribution >= 0.6 is 11.8 Å². The van der Waals surface area contributed by atoms with Crippen molar-refractivity contribution < 1.29 is 0 Å². The third-order valence-corrected chi connectivity index (χ3v) is 6.11. The third kappa shape index (κ3) is 4.48. The maximum Gasteiger partial charge on any atom is 0.0203 e. The summed E-state index contributed by atoms with van der Waals surface area (Å²) in [6.45, 7) is 3.40. The fourth-order valence-electron chi connectivity index (χ4n) is 3.38. The summed E-state index contributed by atoms with van der Waals surface area (Å²) < 4.78 is 0. The van der Waals surface area contributed by atoms with Crippen LogP contribution in [0.3, 0.4) is 0 Å². The second-order valence-corrected chi connectivity index (χ2v) is 7.28. The number of nitrogens with one attached hydrogen (secondary N) is 1. The molecule has 0 spiro atoms. The molecule has 0 aliphatic heterocycles. The molecule has 2 fully saturated rings. The molecule has 2 unspecified atom stereocenters. The van der Waals surface area contributed by atoms with Gasteiger partial charge in [-0.2, -0.15) is 11.8 Å². The Labute approximate surface area is 112 Å². The highest BCUT2D eigenvalue weighted by Crippen LogP contribution is 2.36. The fraction of sp³-hybridized carbons (Fsp3) is 1.00. The summed E-state index contributed by atoms with van der Waals surface area (Å²) in [6, 6.07) is 0.800. The van der Waals surface area contributed by atoms with E-state index in [0.717, 1.165) is 23.1 Å². The summed E-state index contributed by atoms with van der Waals surface area (Å²) in [5.74, 6) is 0. The molecule has 2 atom stereocenters. The molecule has 0 aromatic rings. The van der Waals surface area contributed by atoms with Gasteiger partial charge >= 0.3 is 0 Å². The zero-order chi connectivity index (χ0) is 11.9. The van der Waals surface area contributed by atoms with Crippen LogP contribution in [0.1, 0.15) is 71.1 Å². The second-order valence-electron chi connectivity index (χ2n) is 5.74. The van der Waals surface area contributed by atoms with Gasteiger partial charge in [-0.25, -0.2) is 0 Å². The second kappa shape index (κ2) is 7.68. The van der Waals surface area contributed by atoms with Crippen molar-refractivity contribution in [1.29, 1.82) is 0 Å². The van der Waals surface area contributed by atoms with Crippen LogP contribution in [0.2, 0.25) is 0 Å². The lowest BCUT2D eigenvalue weighted by atomic mass is 10.0. The largest absolute Gasteiger partial charge is 0.313 e. The van der Waals surface area contributed by atoms with Crippen LogP contribution in [-0.4, -0.2) is 23.1 Å². The number of hydrogen-bond donors (Lipinski definition) is 1. The Hall–Kier alpha value is 0.310. The summed E-state index contributed by atoms with van der Waals surface area (Å²) >= 11 is 2.34. The van der Waals surface area contributed by atoms with Crippen LogP contribution in [0.15, 0.2) is 0 Å². The van der Waals surface area contributed by atoms with Gasteiger partial charge in [-0.3, -0.25) is 0 Å². The van der Waals surface area contributed by atoms with E-state index in [1.54, 1.807) is 0 Å². The van der Waals surface area contributed by atoms with Crippen LogP contribution in [0.5, 0.6) is 0 Å². The molecule has 2 rings (SSSR count). The van der Waals surface area contributed by atoms with E-state index in [-0.39, 0.29) is 0 Å². The van der Waals surface area contributed by atoms with Crippen molar-refractivity contribution in [3.63, 3.8) is 0 Å². The number of hydrogen-bond acceptors (Lipinski definition) is 2. The Morgan fingerprint density at radius 1 is 0.882 bits per heavy atom. The Kier molecular flexibility index (Phi) is 6.21. The average Bonchev–Trinajstić information content (AvgIpc) is 2.57. The van der Waals surface area contributed by atoms with Gasteiger partial charge < -0.3 is 5.32 Å². The van der Waals surface area contributed by atoms with E-state index in [2.05, 4.69) is 24.0 Å². The van der Waals surface area contributed by atoms with E-state index < -0.39 is 0 Å². The minimum Gasteiger partial charge on any atom is -0.313 e. The van der Waals surface area contributed by atoms with Crippen molar-refractivity contribution in [1.82, 2.24) is 5.32 Å². The standard InChI is InChI=1S/C15H29NS/c1-2-16-14-11-7-4-8-12-15(14)17-13-9-5-3-6-10-13/h13-16H,2-12H2,1H3. The molecular formula is C15H29NS. The Bertz CT molecular complexity index is 201. The monoisotopic (exact) mass is 255 g/mol. The molecule has 0 heterocycles. The molecule has 1 N–H and O–H groups in total. The first-order valence-electron chi connectivity index (χ1n) is 7.79. The van der Waals surface area contributed by atoms with Crippen molar-refractivity contribution in [2.45, 2.75) is 87.7 Å². The minimum atomic E-state index is 0.800. The molecule has 17 heavy (non-hydrogen) atoms. The summed E-state index contributed by atoms with van der Waals surface area (Å²) in [5, 5.41) is 5.63. The van der Waals surface area contributed by atoms with Gasteiger partial charge in [0.2, 0.25) is 0 Å². The molecule has 2 aliphatic carbocycles. The summed E-state index contributed by atoms with van der Waals surface area (Å²) in [6.07, 6.45) is 14.7. The van der Waals surface area contributed by atoms with Crippen LogP contribution in [0.4, 0.5) is 0 Å². The van der Waals surface area contributed by atoms with Crippen molar-refractivity contribution in [2.75, 3.05) is 6.54 Å². The SMILES string of the molecule is CCNC1CCCCCC1SC1CCCCC1. The molecule has 2 heteroatoms. The lowest BCUT2D eigenvalue weighted by Gasteiger charge is -2.31. The van der Waals surface area contributed by atoms with Gasteiger partial charge in [0.1, 0.15) is 0 Å². The van der Waals surface area contributed by atoms with Crippen molar-refractivity contribution in [3.8, 4) is 0 Å². The van der Waals surface area contributed by atoms with Crippen molar-refractivity contribution in [3.05, 3.63) is 0 Å². The van der Waals surface area contributed by atoms with Crippen LogP contribution < -0.4 is 5.32 Å². The molecule has 2 aliphatic rings. The average molecular weight is 255 g/mol. The third-order valence-electron chi connectivity index (χ3n) is 4.34. The predicted octanol–water partition coefficient (Wildman–Crippen LogP) is 4.36. The van der Waals surface area contributed by atoms with Gasteiger partial charge in [-0.1, -0.05) is 45.4 Å². The maximum absolute atomic E-state index is 3.74. The molecule has 1 nitrogen and oxygen atoms in total. The first kappa shape index (κ1) is 13.7. The zero-order valence-corrected chi connectivity index (χ0v) is 12.2. The fourth-order valence-corrected chi connectivity index (χ4v) is 5.21. The topological polar surface area (TPSA) is 12.0 Å². The summed E-state index contributed by atoms with van der Waals surface area (Å²) in [5.41, 5.74) is 0. The highest BCUT2D eigenvalue weighted by atomic mass is 32.2. The van der Waals surface area contributed by atoms with Gasteiger partial charge in [0.25, 0.3) is 0 Å². The van der Waals surface area contributed by atoms with Crippen LogP contribution in [0, 0.1) is 0 Å². The summed E-state index contributed by atoms with van der Waals surface area (Å²) in [7, 11) is 0. The van der Waals surface area contributed by atoms with E-state index in [1.165, 1.54) is 64.2 Å². The van der Waals surface area contributed by atoms with E-state index in [0.29, 0.717) is 0 Å². The highest BCUT2D eigenvalue weighted by molar-refractivity contribution is 8.00. The molecule has 0 aromatic heterocycles. The number of thioether (sulfide) groups is 1. The Morgan fingerprint density at radius 2 is 1.53 bits per heavy atom. The molecule has 0 saturated heterocycles. The first-order valence-corrected chi connectivity index (χ1v) is 8.73. The normalized spacial score (nSPS) is 32.3. The van der Waals surface area contributed by atoms with Gasteiger partial charge in [-0.05, 0) is 32.2 Å². The zero-order valence-electron chi connectivity index (χ0n) is 11.4. The quantitative estimate of drug-likeness (QED) is 0.749. The lowest BCUT2D eigenvalue weighted by Crippen LogP contribution is -2.38. The number of rotatable bonds is 4. The molecule has 2 saturated carbocycles. The first-order chi connectivity index (χ1) is 8.40. The summed E-state index contributed by atoms with van der Waals surface area (Å²) in [4.78, 5) is 0. The molecule has 100 valence electrons. The maximum atomic E-state index is 3.74. The molecule has 0 bridgehead atoms. The Morgan fingerprint density at radius 3 is 2.24 bits per heavy atom. The van der Waals surface area contributed by atoms with Crippen LogP contribution in [-0.2, 0) is 0 Å². The molecular weight excluding hydrogens is 226 g/mol. The molecule has 0 aromatic carbocycles. The van der Waals surface area contributed by atoms with E-state index in [9.17, 15) is 0 Å². The smallest absolute Gasteiger partial charge is 0.0203 e. The lowest BCUT2D eigenvalue weighted by molar-refractivity contribution is 0.474. The molecule has 0 radical (unpaired) electrons. The van der Waals surface area contributed by atoms with Gasteiger partial charge in [0.05, 0.1) is 0 Å². The van der Waals surface area contributed by atoms with E-state index >= 15 is 0 Å². The Balaban J connectivity index is 1.84. The minimum absolute atomic E-state index is 0.800. The van der Waals surface area contributed by atoms with Crippen LogP contribution in [0.25, 0.3) is 0 Å². The predicted molar refractivity (Wildman–Crippen MR) is 78.8 cm³/mol. The van der Waals surface area contributed by atoms with Crippen molar-refractivity contribution in [2.24, 2.45) is 0 Å². The van der Waals surface area contributed by atoms with E-state index in [1.807, 2.05) is 0 Å². The molecule has 0 amide bonds. The van der Waals surface area contributed by atoms with Gasteiger partial charge in [0, 0.05) is 16.5 Å². The van der Waals surface area contributed by atoms with Gasteiger partial charge in [0.15, 0.2) is 0 Å². The van der Waals surface area contributed by atoms with E-state index in [4.69, 9.17) is 0 Å². The van der Waals surface area contributed by atoms with Crippen molar-refractivity contribution >= 4 is 11.8 Å².